The van der Waals surface area contributed by atoms with E-state index in [0.29, 0.717) is 21.5 Å². The summed E-state index contributed by atoms with van der Waals surface area (Å²) >= 11 is 5.97. The Labute approximate surface area is 166 Å². The number of fused-ring (bicyclic) bond motifs is 1. The SMILES string of the molecule is Cc1ccc(Cl)cc1N(CC(=O)N=Nc1c(O)[nH]c2ccccc12)S(C)(=O)=O. The van der Waals surface area contributed by atoms with E-state index in [4.69, 9.17) is 11.6 Å². The van der Waals surface area contributed by atoms with Crippen LogP contribution in [0.2, 0.25) is 5.02 Å². The van der Waals surface area contributed by atoms with Gasteiger partial charge in [0.15, 0.2) is 5.69 Å². The van der Waals surface area contributed by atoms with E-state index in [-0.39, 0.29) is 17.3 Å². The minimum Gasteiger partial charge on any atom is -0.493 e. The summed E-state index contributed by atoms with van der Waals surface area (Å²) in [6, 6.07) is 11.7. The minimum atomic E-state index is -3.77. The van der Waals surface area contributed by atoms with E-state index in [1.165, 1.54) is 6.07 Å². The molecule has 0 aliphatic rings. The van der Waals surface area contributed by atoms with Gasteiger partial charge in [0.25, 0.3) is 5.91 Å². The van der Waals surface area contributed by atoms with Crippen LogP contribution >= 0.6 is 11.6 Å². The van der Waals surface area contributed by atoms with Crippen molar-refractivity contribution in [2.24, 2.45) is 10.2 Å². The number of carbonyl (C=O) groups is 1. The highest BCUT2D eigenvalue weighted by molar-refractivity contribution is 7.92. The molecule has 0 radical (unpaired) electrons. The van der Waals surface area contributed by atoms with E-state index in [9.17, 15) is 18.3 Å². The van der Waals surface area contributed by atoms with E-state index in [0.717, 1.165) is 10.6 Å². The number of amides is 1. The van der Waals surface area contributed by atoms with E-state index in [1.807, 2.05) is 0 Å². The summed E-state index contributed by atoms with van der Waals surface area (Å²) in [4.78, 5) is 15.0. The first-order valence-corrected chi connectivity index (χ1v) is 10.4. The number of halogens is 1. The number of aromatic amines is 1. The highest BCUT2D eigenvalue weighted by atomic mass is 35.5. The molecule has 1 aromatic heterocycles. The summed E-state index contributed by atoms with van der Waals surface area (Å²) in [6.07, 6.45) is 0.989. The topological polar surface area (TPSA) is 115 Å². The number of aryl methyl sites for hydroxylation is 1. The van der Waals surface area contributed by atoms with Crippen molar-refractivity contribution in [1.29, 1.82) is 0 Å². The first-order valence-electron chi connectivity index (χ1n) is 8.15. The number of aromatic hydroxyl groups is 1. The molecule has 1 heterocycles. The van der Waals surface area contributed by atoms with Gasteiger partial charge >= 0.3 is 0 Å². The first-order chi connectivity index (χ1) is 13.2. The average molecular weight is 421 g/mol. The molecular formula is C18H17ClN4O4S. The molecule has 0 atom stereocenters. The van der Waals surface area contributed by atoms with Crippen LogP contribution in [-0.2, 0) is 14.8 Å². The molecule has 3 aromatic rings. The standard InChI is InChI=1S/C18H17ClN4O4S/c1-11-7-8-12(19)9-15(11)23(28(2,26)27)10-16(24)21-22-17-13-5-3-4-6-14(13)20-18(17)25/h3-9,20,25H,10H2,1-2H3. The van der Waals surface area contributed by atoms with Gasteiger partial charge in [-0.05, 0) is 30.7 Å². The number of hydrogen-bond acceptors (Lipinski definition) is 5. The number of rotatable bonds is 5. The fourth-order valence-corrected chi connectivity index (χ4v) is 3.77. The first kappa shape index (κ1) is 19.8. The van der Waals surface area contributed by atoms with Crippen LogP contribution in [0.25, 0.3) is 10.9 Å². The number of aromatic nitrogens is 1. The van der Waals surface area contributed by atoms with Gasteiger partial charge in [0, 0.05) is 10.4 Å². The maximum Gasteiger partial charge on any atom is 0.285 e. The van der Waals surface area contributed by atoms with Crippen molar-refractivity contribution in [2.75, 3.05) is 17.1 Å². The third-order valence-corrected chi connectivity index (χ3v) is 5.40. The molecule has 0 fully saturated rings. The number of sulfonamides is 1. The summed E-state index contributed by atoms with van der Waals surface area (Å²) in [5, 5.41) is 18.3. The van der Waals surface area contributed by atoms with Gasteiger partial charge in [-0.3, -0.25) is 9.10 Å². The van der Waals surface area contributed by atoms with Gasteiger partial charge in [-0.1, -0.05) is 35.9 Å². The van der Waals surface area contributed by atoms with Gasteiger partial charge in [-0.2, -0.15) is 0 Å². The summed E-state index contributed by atoms with van der Waals surface area (Å²) in [6.45, 7) is 1.16. The molecule has 1 amide bonds. The third kappa shape index (κ3) is 4.15. The number of azo groups is 1. The van der Waals surface area contributed by atoms with Crippen LogP contribution < -0.4 is 4.31 Å². The third-order valence-electron chi connectivity index (χ3n) is 4.04. The molecule has 146 valence electrons. The van der Waals surface area contributed by atoms with Crippen molar-refractivity contribution < 1.29 is 18.3 Å². The Morgan fingerprint density at radius 1 is 1.25 bits per heavy atom. The van der Waals surface area contributed by atoms with Gasteiger partial charge in [-0.15, -0.1) is 10.2 Å². The van der Waals surface area contributed by atoms with E-state index in [2.05, 4.69) is 15.2 Å². The summed E-state index contributed by atoms with van der Waals surface area (Å²) in [7, 11) is -3.77. The predicted molar refractivity (Wildman–Crippen MR) is 108 cm³/mol. The van der Waals surface area contributed by atoms with Crippen molar-refractivity contribution in [3.05, 3.63) is 53.1 Å². The Morgan fingerprint density at radius 3 is 2.68 bits per heavy atom. The second kappa shape index (κ2) is 7.61. The summed E-state index contributed by atoms with van der Waals surface area (Å²) < 4.78 is 25.3. The Balaban J connectivity index is 1.90. The predicted octanol–water partition coefficient (Wildman–Crippen LogP) is 3.91. The maximum absolute atomic E-state index is 12.3. The highest BCUT2D eigenvalue weighted by Gasteiger charge is 2.23. The van der Waals surface area contributed by atoms with Crippen LogP contribution in [0.5, 0.6) is 5.88 Å². The lowest BCUT2D eigenvalue weighted by molar-refractivity contribution is -0.116. The van der Waals surface area contributed by atoms with Gasteiger partial charge in [0.05, 0.1) is 17.5 Å². The molecule has 0 aliphatic carbocycles. The van der Waals surface area contributed by atoms with Crippen LogP contribution in [0.15, 0.2) is 52.7 Å². The van der Waals surface area contributed by atoms with Crippen LogP contribution in [0, 0.1) is 6.92 Å². The molecule has 0 saturated carbocycles. The van der Waals surface area contributed by atoms with E-state index in [1.54, 1.807) is 43.3 Å². The van der Waals surface area contributed by atoms with Crippen LogP contribution in [0.3, 0.4) is 0 Å². The Hall–Kier alpha value is -2.91. The molecule has 28 heavy (non-hydrogen) atoms. The Morgan fingerprint density at radius 2 is 1.96 bits per heavy atom. The van der Waals surface area contributed by atoms with Crippen molar-refractivity contribution in [1.82, 2.24) is 4.98 Å². The van der Waals surface area contributed by atoms with E-state index < -0.39 is 22.5 Å². The van der Waals surface area contributed by atoms with Gasteiger partial charge < -0.3 is 10.1 Å². The molecule has 0 bridgehead atoms. The molecule has 0 unspecified atom stereocenters. The van der Waals surface area contributed by atoms with Crippen molar-refractivity contribution >= 4 is 49.8 Å². The number of benzene rings is 2. The number of H-pyrrole nitrogens is 1. The number of anilines is 1. The normalized spacial score (nSPS) is 12.0. The van der Waals surface area contributed by atoms with Crippen LogP contribution in [0.4, 0.5) is 11.4 Å². The Bertz CT molecular complexity index is 1190. The summed E-state index contributed by atoms with van der Waals surface area (Å²) in [5.74, 6) is -1.03. The van der Waals surface area contributed by atoms with E-state index >= 15 is 0 Å². The zero-order valence-corrected chi connectivity index (χ0v) is 16.6. The molecule has 2 aromatic carbocycles. The smallest absolute Gasteiger partial charge is 0.285 e. The number of hydrogen-bond donors (Lipinski definition) is 2. The zero-order valence-electron chi connectivity index (χ0n) is 15.0. The molecule has 0 saturated heterocycles. The molecular weight excluding hydrogens is 404 g/mol. The van der Waals surface area contributed by atoms with Gasteiger partial charge in [0.2, 0.25) is 15.9 Å². The second-order valence-corrected chi connectivity index (χ2v) is 8.51. The maximum atomic E-state index is 12.3. The number of carbonyl (C=O) groups excluding carboxylic acids is 1. The Kier molecular flexibility index (Phi) is 5.39. The average Bonchev–Trinajstić information content (AvgIpc) is 2.94. The summed E-state index contributed by atoms with van der Waals surface area (Å²) in [5.41, 5.74) is 1.66. The van der Waals surface area contributed by atoms with Crippen molar-refractivity contribution in [3.8, 4) is 5.88 Å². The van der Waals surface area contributed by atoms with Gasteiger partial charge in [-0.25, -0.2) is 8.42 Å². The molecule has 0 aliphatic heterocycles. The quantitative estimate of drug-likeness (QED) is 0.608. The number of para-hydroxylation sites is 1. The fourth-order valence-electron chi connectivity index (χ4n) is 2.71. The fraction of sp³-hybridized carbons (Fsp3) is 0.167. The lowest BCUT2D eigenvalue weighted by Crippen LogP contribution is -2.34. The zero-order chi connectivity index (χ0) is 20.5. The number of nitrogens with zero attached hydrogens (tertiary/aromatic N) is 3. The molecule has 2 N–H and O–H groups in total. The van der Waals surface area contributed by atoms with Crippen LogP contribution in [-0.4, -0.2) is 37.2 Å². The molecule has 8 nitrogen and oxygen atoms in total. The lowest BCUT2D eigenvalue weighted by atomic mass is 10.2. The minimum absolute atomic E-state index is 0.105. The monoisotopic (exact) mass is 420 g/mol. The molecule has 10 heteroatoms. The lowest BCUT2D eigenvalue weighted by Gasteiger charge is -2.22. The van der Waals surface area contributed by atoms with Crippen LogP contribution in [0.1, 0.15) is 5.56 Å². The van der Waals surface area contributed by atoms with Crippen molar-refractivity contribution in [3.63, 3.8) is 0 Å². The van der Waals surface area contributed by atoms with Crippen molar-refractivity contribution in [2.45, 2.75) is 6.92 Å². The highest BCUT2D eigenvalue weighted by Crippen LogP contribution is 2.35. The molecule has 0 spiro atoms. The molecule has 3 rings (SSSR count). The largest absolute Gasteiger partial charge is 0.493 e. The number of nitrogens with one attached hydrogen (secondary N) is 1. The van der Waals surface area contributed by atoms with Gasteiger partial charge in [0.1, 0.15) is 6.54 Å². The second-order valence-electron chi connectivity index (χ2n) is 6.16.